The molecule has 5 heteroatoms. The molecule has 1 unspecified atom stereocenters. The molecule has 2 aromatic rings. The monoisotopic (exact) mass is 260 g/mol. The number of aromatic nitrogens is 2. The molecule has 1 aromatic carbocycles. The minimum absolute atomic E-state index is 0.491. The Balaban J connectivity index is 1.76. The van der Waals surface area contributed by atoms with Gasteiger partial charge in [0.15, 0.2) is 0 Å². The first kappa shape index (κ1) is 13.5. The molecule has 0 saturated carbocycles. The van der Waals surface area contributed by atoms with Crippen LogP contribution in [0, 0.1) is 0 Å². The van der Waals surface area contributed by atoms with Gasteiger partial charge in [-0.25, -0.2) is 0 Å². The van der Waals surface area contributed by atoms with Gasteiger partial charge in [0, 0.05) is 6.54 Å². The number of nitrogens with one attached hydrogen (secondary N) is 2. The normalized spacial score (nSPS) is 12.3. The summed E-state index contributed by atoms with van der Waals surface area (Å²) >= 11 is 0. The molecule has 0 radical (unpaired) electrons. The van der Waals surface area contributed by atoms with E-state index in [0.717, 1.165) is 13.0 Å². The molecule has 0 spiro atoms. The van der Waals surface area contributed by atoms with Crippen LogP contribution in [0.4, 0.5) is 6.01 Å². The predicted octanol–water partition coefficient (Wildman–Crippen LogP) is 2.39. The van der Waals surface area contributed by atoms with E-state index in [0.29, 0.717) is 24.4 Å². The van der Waals surface area contributed by atoms with Gasteiger partial charge in [-0.15, -0.1) is 5.10 Å². The molecular weight excluding hydrogens is 240 g/mol. The van der Waals surface area contributed by atoms with Crippen LogP contribution in [-0.4, -0.2) is 23.8 Å². The molecule has 19 heavy (non-hydrogen) atoms. The first-order chi connectivity index (χ1) is 9.29. The molecule has 0 fully saturated rings. The topological polar surface area (TPSA) is 63.0 Å². The van der Waals surface area contributed by atoms with E-state index in [9.17, 15) is 0 Å². The Morgan fingerprint density at radius 2 is 2.00 bits per heavy atom. The van der Waals surface area contributed by atoms with Gasteiger partial charge in [0.05, 0.1) is 6.54 Å². The molecule has 102 valence electrons. The van der Waals surface area contributed by atoms with Crippen LogP contribution >= 0.6 is 0 Å². The van der Waals surface area contributed by atoms with E-state index in [4.69, 9.17) is 4.42 Å². The van der Waals surface area contributed by atoms with Crippen molar-refractivity contribution in [1.82, 2.24) is 15.5 Å². The minimum Gasteiger partial charge on any atom is -0.407 e. The molecule has 0 aliphatic carbocycles. The van der Waals surface area contributed by atoms with Crippen molar-refractivity contribution in [2.45, 2.75) is 25.8 Å². The average Bonchev–Trinajstić information content (AvgIpc) is 2.88. The Kier molecular flexibility index (Phi) is 4.92. The second kappa shape index (κ2) is 6.89. The molecule has 5 nitrogen and oxygen atoms in total. The lowest BCUT2D eigenvalue weighted by Gasteiger charge is -2.11. The highest BCUT2D eigenvalue weighted by molar-refractivity contribution is 5.20. The van der Waals surface area contributed by atoms with Crippen LogP contribution in [0.2, 0.25) is 0 Å². The van der Waals surface area contributed by atoms with Crippen LogP contribution in [0.3, 0.4) is 0 Å². The summed E-state index contributed by atoms with van der Waals surface area (Å²) in [5.41, 5.74) is 1.35. The minimum atomic E-state index is 0.491. The zero-order chi connectivity index (χ0) is 13.5. The smallest absolute Gasteiger partial charge is 0.315 e. The van der Waals surface area contributed by atoms with Crippen LogP contribution in [0.25, 0.3) is 0 Å². The van der Waals surface area contributed by atoms with Crippen molar-refractivity contribution in [3.8, 4) is 0 Å². The molecule has 0 saturated heterocycles. The maximum atomic E-state index is 5.42. The van der Waals surface area contributed by atoms with E-state index in [2.05, 4.69) is 52.0 Å². The molecule has 1 atom stereocenters. The highest BCUT2D eigenvalue weighted by atomic mass is 16.4. The molecule has 0 aliphatic heterocycles. The van der Waals surface area contributed by atoms with Crippen molar-refractivity contribution in [3.63, 3.8) is 0 Å². The predicted molar refractivity (Wildman–Crippen MR) is 75.0 cm³/mol. The third kappa shape index (κ3) is 4.06. The number of hydrogen-bond acceptors (Lipinski definition) is 5. The van der Waals surface area contributed by atoms with Gasteiger partial charge < -0.3 is 15.1 Å². The summed E-state index contributed by atoms with van der Waals surface area (Å²) in [4.78, 5) is 0. The Morgan fingerprint density at radius 1 is 1.21 bits per heavy atom. The van der Waals surface area contributed by atoms with Gasteiger partial charge in [-0.05, 0) is 24.9 Å². The lowest BCUT2D eigenvalue weighted by Crippen LogP contribution is -2.06. The fourth-order valence-corrected chi connectivity index (χ4v) is 1.89. The van der Waals surface area contributed by atoms with E-state index in [-0.39, 0.29) is 0 Å². The lowest BCUT2D eigenvalue weighted by atomic mass is 9.98. The Morgan fingerprint density at radius 3 is 2.74 bits per heavy atom. The largest absolute Gasteiger partial charge is 0.407 e. The summed E-state index contributed by atoms with van der Waals surface area (Å²) in [6.07, 6.45) is 1.02. The summed E-state index contributed by atoms with van der Waals surface area (Å²) in [6.45, 7) is 3.63. The second-order valence-electron chi connectivity index (χ2n) is 4.56. The average molecular weight is 260 g/mol. The van der Waals surface area contributed by atoms with Crippen LogP contribution in [0.1, 0.15) is 30.7 Å². The number of hydrogen-bond donors (Lipinski definition) is 2. The molecule has 2 rings (SSSR count). The van der Waals surface area contributed by atoms with Crippen LogP contribution < -0.4 is 10.6 Å². The number of rotatable bonds is 7. The maximum Gasteiger partial charge on any atom is 0.315 e. The Labute approximate surface area is 113 Å². The summed E-state index contributed by atoms with van der Waals surface area (Å²) in [5.74, 6) is 1.11. The first-order valence-electron chi connectivity index (χ1n) is 6.55. The van der Waals surface area contributed by atoms with Crippen molar-refractivity contribution < 1.29 is 4.42 Å². The van der Waals surface area contributed by atoms with Crippen molar-refractivity contribution in [3.05, 3.63) is 41.8 Å². The van der Waals surface area contributed by atoms with E-state index >= 15 is 0 Å². The molecular formula is C14H20N4O. The quantitative estimate of drug-likeness (QED) is 0.800. The highest BCUT2D eigenvalue weighted by Gasteiger charge is 2.07. The van der Waals surface area contributed by atoms with Crippen LogP contribution in [-0.2, 0) is 6.54 Å². The van der Waals surface area contributed by atoms with Gasteiger partial charge >= 0.3 is 6.01 Å². The summed E-state index contributed by atoms with van der Waals surface area (Å²) in [7, 11) is 1.85. The summed E-state index contributed by atoms with van der Waals surface area (Å²) < 4.78 is 5.42. The zero-order valence-electron chi connectivity index (χ0n) is 11.4. The highest BCUT2D eigenvalue weighted by Crippen LogP contribution is 2.18. The molecule has 1 heterocycles. The molecule has 0 amide bonds. The lowest BCUT2D eigenvalue weighted by molar-refractivity contribution is 0.488. The Bertz CT molecular complexity index is 483. The molecule has 2 N–H and O–H groups in total. The first-order valence-corrected chi connectivity index (χ1v) is 6.55. The number of anilines is 1. The number of benzene rings is 1. The van der Waals surface area contributed by atoms with E-state index in [1.54, 1.807) is 0 Å². The van der Waals surface area contributed by atoms with Crippen LogP contribution in [0.5, 0.6) is 0 Å². The van der Waals surface area contributed by atoms with Crippen molar-refractivity contribution in [2.75, 3.05) is 18.9 Å². The summed E-state index contributed by atoms with van der Waals surface area (Å²) in [5, 5.41) is 14.0. The van der Waals surface area contributed by atoms with Crippen molar-refractivity contribution in [1.29, 1.82) is 0 Å². The third-order valence-electron chi connectivity index (χ3n) is 3.02. The van der Waals surface area contributed by atoms with Gasteiger partial charge in [-0.1, -0.05) is 42.4 Å². The van der Waals surface area contributed by atoms with E-state index in [1.807, 2.05) is 13.1 Å². The fourth-order valence-electron chi connectivity index (χ4n) is 1.89. The summed E-state index contributed by atoms with van der Waals surface area (Å²) in [6, 6.07) is 11.0. The van der Waals surface area contributed by atoms with Gasteiger partial charge in [0.25, 0.3) is 0 Å². The molecule has 0 aliphatic rings. The molecule has 1 aromatic heterocycles. The SMILES string of the molecule is CNCc1nnc(NCCC(C)c2ccccc2)o1. The van der Waals surface area contributed by atoms with Gasteiger partial charge in [-0.2, -0.15) is 0 Å². The standard InChI is InChI=1S/C14H20N4O/c1-11(12-6-4-3-5-7-12)8-9-16-14-18-17-13(19-14)10-15-2/h3-7,11,15H,8-10H2,1-2H3,(H,16,18). The van der Waals surface area contributed by atoms with E-state index in [1.165, 1.54) is 5.56 Å². The second-order valence-corrected chi connectivity index (χ2v) is 4.56. The third-order valence-corrected chi connectivity index (χ3v) is 3.02. The van der Waals surface area contributed by atoms with E-state index < -0.39 is 0 Å². The molecule has 0 bridgehead atoms. The maximum absolute atomic E-state index is 5.42. The fraction of sp³-hybridized carbons (Fsp3) is 0.429. The van der Waals surface area contributed by atoms with Crippen molar-refractivity contribution >= 4 is 6.01 Å². The van der Waals surface area contributed by atoms with Gasteiger partial charge in [-0.3, -0.25) is 0 Å². The van der Waals surface area contributed by atoms with Crippen LogP contribution in [0.15, 0.2) is 34.7 Å². The van der Waals surface area contributed by atoms with Gasteiger partial charge in [0.2, 0.25) is 5.89 Å². The zero-order valence-corrected chi connectivity index (χ0v) is 11.4. The van der Waals surface area contributed by atoms with Crippen molar-refractivity contribution in [2.24, 2.45) is 0 Å². The Hall–Kier alpha value is -1.88. The van der Waals surface area contributed by atoms with Gasteiger partial charge in [0.1, 0.15) is 0 Å². The number of nitrogens with zero attached hydrogens (tertiary/aromatic N) is 2.